The first-order valence-electron chi connectivity index (χ1n) is 9.59. The SMILES string of the molecule is CN(C)S(=O)(=O)c1ccc(N(CC(=O)NCCCN2CCOCC2)S(C)(=O)=O)cc1. The second kappa shape index (κ2) is 10.5. The van der Waals surface area contributed by atoms with Gasteiger partial charge in [-0.05, 0) is 37.2 Å². The Balaban J connectivity index is 1.96. The Morgan fingerprint density at radius 2 is 1.70 bits per heavy atom. The fourth-order valence-corrected chi connectivity index (χ4v) is 4.69. The van der Waals surface area contributed by atoms with E-state index in [1.807, 2.05) is 0 Å². The van der Waals surface area contributed by atoms with Crippen molar-refractivity contribution in [1.29, 1.82) is 0 Å². The molecule has 1 aliphatic rings. The van der Waals surface area contributed by atoms with Gasteiger partial charge in [0.25, 0.3) is 0 Å². The molecular weight excluding hydrogens is 432 g/mol. The van der Waals surface area contributed by atoms with Crippen LogP contribution in [0.15, 0.2) is 29.2 Å². The largest absolute Gasteiger partial charge is 0.379 e. The molecule has 0 aliphatic carbocycles. The van der Waals surface area contributed by atoms with Crippen LogP contribution in [-0.2, 0) is 29.6 Å². The third kappa shape index (κ3) is 6.91. The van der Waals surface area contributed by atoms with E-state index in [2.05, 4.69) is 10.2 Å². The molecule has 1 amide bonds. The number of carbonyl (C=O) groups is 1. The minimum atomic E-state index is -3.73. The van der Waals surface area contributed by atoms with Crippen LogP contribution in [0.25, 0.3) is 0 Å². The van der Waals surface area contributed by atoms with E-state index in [0.717, 1.165) is 40.9 Å². The Kier molecular flexibility index (Phi) is 8.62. The number of carbonyl (C=O) groups excluding carboxylic acids is 1. The summed E-state index contributed by atoms with van der Waals surface area (Å²) in [5.74, 6) is -0.424. The summed E-state index contributed by atoms with van der Waals surface area (Å²) in [6, 6.07) is 5.40. The highest BCUT2D eigenvalue weighted by molar-refractivity contribution is 7.92. The summed E-state index contributed by atoms with van der Waals surface area (Å²) in [7, 11) is -4.54. The number of hydrogen-bond acceptors (Lipinski definition) is 7. The summed E-state index contributed by atoms with van der Waals surface area (Å²) in [6.07, 6.45) is 1.75. The second-order valence-corrected chi connectivity index (χ2v) is 11.3. The van der Waals surface area contributed by atoms with Crippen LogP contribution in [0.5, 0.6) is 0 Å². The first kappa shape index (κ1) is 24.5. The molecule has 30 heavy (non-hydrogen) atoms. The van der Waals surface area contributed by atoms with Gasteiger partial charge in [-0.1, -0.05) is 0 Å². The predicted molar refractivity (Wildman–Crippen MR) is 114 cm³/mol. The van der Waals surface area contributed by atoms with Gasteiger partial charge < -0.3 is 10.1 Å². The zero-order valence-electron chi connectivity index (χ0n) is 17.6. The summed E-state index contributed by atoms with van der Waals surface area (Å²) < 4.78 is 56.0. The minimum Gasteiger partial charge on any atom is -0.379 e. The Morgan fingerprint density at radius 3 is 2.23 bits per heavy atom. The van der Waals surface area contributed by atoms with E-state index in [4.69, 9.17) is 4.74 Å². The number of morpholine rings is 1. The van der Waals surface area contributed by atoms with Crippen LogP contribution >= 0.6 is 0 Å². The Morgan fingerprint density at radius 1 is 1.10 bits per heavy atom. The zero-order chi connectivity index (χ0) is 22.4. The van der Waals surface area contributed by atoms with Gasteiger partial charge >= 0.3 is 0 Å². The van der Waals surface area contributed by atoms with Gasteiger partial charge in [-0.3, -0.25) is 14.0 Å². The second-order valence-electron chi connectivity index (χ2n) is 7.21. The van der Waals surface area contributed by atoms with E-state index in [1.54, 1.807) is 0 Å². The highest BCUT2D eigenvalue weighted by atomic mass is 32.2. The molecule has 1 aromatic carbocycles. The van der Waals surface area contributed by atoms with E-state index in [1.165, 1.54) is 38.4 Å². The summed E-state index contributed by atoms with van der Waals surface area (Å²) in [4.78, 5) is 14.6. The van der Waals surface area contributed by atoms with Crippen LogP contribution < -0.4 is 9.62 Å². The first-order chi connectivity index (χ1) is 14.0. The molecule has 1 N–H and O–H groups in total. The number of amides is 1. The molecule has 0 spiro atoms. The van der Waals surface area contributed by atoms with Gasteiger partial charge in [0.05, 0.1) is 30.1 Å². The summed E-state index contributed by atoms with van der Waals surface area (Å²) >= 11 is 0. The van der Waals surface area contributed by atoms with Crippen molar-refractivity contribution in [1.82, 2.24) is 14.5 Å². The van der Waals surface area contributed by atoms with Crippen LogP contribution in [0, 0.1) is 0 Å². The van der Waals surface area contributed by atoms with Crippen LogP contribution in [-0.4, -0.2) is 98.2 Å². The Hall–Kier alpha value is -1.73. The van der Waals surface area contributed by atoms with E-state index in [-0.39, 0.29) is 17.1 Å². The van der Waals surface area contributed by atoms with Crippen molar-refractivity contribution in [2.24, 2.45) is 0 Å². The minimum absolute atomic E-state index is 0.0391. The highest BCUT2D eigenvalue weighted by Crippen LogP contribution is 2.21. The fraction of sp³-hybridized carbons (Fsp3) is 0.611. The molecule has 0 aromatic heterocycles. The lowest BCUT2D eigenvalue weighted by Gasteiger charge is -2.26. The molecule has 170 valence electrons. The zero-order valence-corrected chi connectivity index (χ0v) is 19.2. The molecule has 0 bridgehead atoms. The number of sulfonamides is 2. The molecule has 12 heteroatoms. The number of nitrogens with zero attached hydrogens (tertiary/aromatic N) is 3. The van der Waals surface area contributed by atoms with Gasteiger partial charge in [0.2, 0.25) is 26.0 Å². The standard InChI is InChI=1S/C18H30N4O6S2/c1-20(2)30(26,27)17-7-5-16(6-8-17)22(29(3,24)25)15-18(23)19-9-4-10-21-11-13-28-14-12-21/h5-8H,4,9-15H2,1-3H3,(H,19,23). The molecule has 0 atom stereocenters. The number of anilines is 1. The van der Waals surface area contributed by atoms with Crippen molar-refractivity contribution < 1.29 is 26.4 Å². The third-order valence-corrected chi connectivity index (χ3v) is 7.64. The molecule has 0 saturated carbocycles. The van der Waals surface area contributed by atoms with Crippen LogP contribution in [0.1, 0.15) is 6.42 Å². The average Bonchev–Trinajstić information content (AvgIpc) is 2.69. The molecule has 1 aliphatic heterocycles. The topological polar surface area (TPSA) is 116 Å². The summed E-state index contributed by atoms with van der Waals surface area (Å²) in [6.45, 7) is 4.06. The van der Waals surface area contributed by atoms with Gasteiger partial charge in [-0.2, -0.15) is 0 Å². The van der Waals surface area contributed by atoms with Crippen LogP contribution in [0.2, 0.25) is 0 Å². The van der Waals surface area contributed by atoms with Crippen LogP contribution in [0.3, 0.4) is 0 Å². The molecule has 1 heterocycles. The lowest BCUT2D eigenvalue weighted by Crippen LogP contribution is -2.42. The van der Waals surface area contributed by atoms with Crippen molar-refractivity contribution in [3.05, 3.63) is 24.3 Å². The van der Waals surface area contributed by atoms with Gasteiger partial charge in [0, 0.05) is 33.7 Å². The quantitative estimate of drug-likeness (QED) is 0.468. The number of rotatable bonds is 10. The monoisotopic (exact) mass is 462 g/mol. The predicted octanol–water partition coefficient (Wildman–Crippen LogP) is -0.459. The first-order valence-corrected chi connectivity index (χ1v) is 12.9. The average molecular weight is 463 g/mol. The van der Waals surface area contributed by atoms with Crippen molar-refractivity contribution in [3.8, 4) is 0 Å². The smallest absolute Gasteiger partial charge is 0.242 e. The molecular formula is C18H30N4O6S2. The maximum Gasteiger partial charge on any atom is 0.242 e. The van der Waals surface area contributed by atoms with Crippen molar-refractivity contribution in [2.45, 2.75) is 11.3 Å². The lowest BCUT2D eigenvalue weighted by atomic mass is 10.3. The normalized spacial score (nSPS) is 15.9. The third-order valence-electron chi connectivity index (χ3n) is 4.67. The maximum atomic E-state index is 12.3. The van der Waals surface area contributed by atoms with Gasteiger partial charge in [0.15, 0.2) is 0 Å². The lowest BCUT2D eigenvalue weighted by molar-refractivity contribution is -0.119. The van der Waals surface area contributed by atoms with E-state index < -0.39 is 26.0 Å². The number of hydrogen-bond donors (Lipinski definition) is 1. The van der Waals surface area contributed by atoms with Gasteiger partial charge in [0.1, 0.15) is 6.54 Å². The molecule has 1 fully saturated rings. The van der Waals surface area contributed by atoms with E-state index >= 15 is 0 Å². The van der Waals surface area contributed by atoms with E-state index in [9.17, 15) is 21.6 Å². The van der Waals surface area contributed by atoms with Gasteiger partial charge in [-0.25, -0.2) is 21.1 Å². The van der Waals surface area contributed by atoms with Crippen molar-refractivity contribution >= 4 is 31.6 Å². The molecule has 2 rings (SSSR count). The molecule has 1 aromatic rings. The molecule has 0 unspecified atom stereocenters. The van der Waals surface area contributed by atoms with Crippen molar-refractivity contribution in [2.75, 3.05) is 70.6 Å². The number of ether oxygens (including phenoxy) is 1. The highest BCUT2D eigenvalue weighted by Gasteiger charge is 2.23. The van der Waals surface area contributed by atoms with Gasteiger partial charge in [-0.15, -0.1) is 0 Å². The fourth-order valence-electron chi connectivity index (χ4n) is 2.94. The Bertz CT molecular complexity index is 910. The molecule has 10 nitrogen and oxygen atoms in total. The maximum absolute atomic E-state index is 12.3. The molecule has 1 saturated heterocycles. The van der Waals surface area contributed by atoms with E-state index in [0.29, 0.717) is 19.8 Å². The summed E-state index contributed by atoms with van der Waals surface area (Å²) in [5.41, 5.74) is 0.221. The van der Waals surface area contributed by atoms with Crippen molar-refractivity contribution in [3.63, 3.8) is 0 Å². The molecule has 0 radical (unpaired) electrons. The number of nitrogens with one attached hydrogen (secondary N) is 1. The number of benzene rings is 1. The summed E-state index contributed by atoms with van der Waals surface area (Å²) in [5, 5.41) is 2.74. The Labute approximate surface area is 178 Å². The van der Waals surface area contributed by atoms with Crippen LogP contribution in [0.4, 0.5) is 5.69 Å².